The molecule has 7 heteroatoms. The van der Waals surface area contributed by atoms with Gasteiger partial charge in [0.05, 0.1) is 13.4 Å². The molecule has 0 aliphatic rings. The second-order valence-corrected chi connectivity index (χ2v) is 5.99. The molecule has 2 aromatic carbocycles. The van der Waals surface area contributed by atoms with Crippen molar-refractivity contribution >= 4 is 23.2 Å². The topological polar surface area (TPSA) is 85.2 Å². The molecule has 0 aliphatic heterocycles. The third-order valence-corrected chi connectivity index (χ3v) is 3.85. The number of rotatable bonds is 6. The molecule has 0 saturated carbocycles. The molecule has 1 heterocycles. The van der Waals surface area contributed by atoms with Crippen molar-refractivity contribution in [3.8, 4) is 5.75 Å². The van der Waals surface area contributed by atoms with Gasteiger partial charge >= 0.3 is 0 Å². The smallest absolute Gasteiger partial charge is 0.275 e. The first kappa shape index (κ1) is 18.2. The molecule has 0 radical (unpaired) electrons. The van der Waals surface area contributed by atoms with E-state index in [9.17, 15) is 9.59 Å². The maximum absolute atomic E-state index is 12.3. The maximum atomic E-state index is 12.3. The number of hydrogen-bond donors (Lipinski definition) is 2. The summed E-state index contributed by atoms with van der Waals surface area (Å²) in [6.07, 6.45) is 3.31. The Morgan fingerprint density at radius 1 is 1.00 bits per heavy atom. The highest BCUT2D eigenvalue weighted by Gasteiger charge is 2.10. The molecule has 0 unspecified atom stereocenters. The number of carbonyl (C=O) groups excluding carboxylic acids is 2. The third-order valence-electron chi connectivity index (χ3n) is 3.85. The van der Waals surface area contributed by atoms with Crippen molar-refractivity contribution in [2.75, 3.05) is 17.7 Å². The van der Waals surface area contributed by atoms with Gasteiger partial charge in [-0.25, -0.2) is 4.98 Å². The average molecular weight is 364 g/mol. The van der Waals surface area contributed by atoms with Crippen LogP contribution in [0.2, 0.25) is 0 Å². The minimum Gasteiger partial charge on any atom is -0.497 e. The number of hydrogen-bond acceptors (Lipinski definition) is 4. The highest BCUT2D eigenvalue weighted by atomic mass is 16.5. The van der Waals surface area contributed by atoms with Gasteiger partial charge in [0.1, 0.15) is 11.4 Å². The van der Waals surface area contributed by atoms with Gasteiger partial charge in [-0.15, -0.1) is 0 Å². The summed E-state index contributed by atoms with van der Waals surface area (Å²) in [7, 11) is 1.59. The molecule has 0 saturated heterocycles. The minimum absolute atomic E-state index is 0.107. The molecule has 2 amide bonds. The molecule has 2 N–H and O–H groups in total. The summed E-state index contributed by atoms with van der Waals surface area (Å²) in [6.45, 7) is 2.04. The van der Waals surface area contributed by atoms with Gasteiger partial charge in [-0.1, -0.05) is 12.1 Å². The molecule has 0 atom stereocenters. The van der Waals surface area contributed by atoms with E-state index >= 15 is 0 Å². The Hall–Kier alpha value is -3.61. The van der Waals surface area contributed by atoms with E-state index in [0.29, 0.717) is 17.9 Å². The zero-order valence-electron chi connectivity index (χ0n) is 15.1. The zero-order chi connectivity index (χ0) is 19.2. The number of nitrogens with one attached hydrogen (secondary N) is 2. The average Bonchev–Trinajstić information content (AvgIpc) is 3.12. The molecule has 0 aliphatic carbocycles. The third kappa shape index (κ3) is 4.94. The quantitative estimate of drug-likeness (QED) is 0.704. The van der Waals surface area contributed by atoms with Crippen LogP contribution in [-0.4, -0.2) is 28.5 Å². The number of ether oxygens (including phenoxy) is 1. The van der Waals surface area contributed by atoms with Crippen LogP contribution in [0.3, 0.4) is 0 Å². The molecule has 0 bridgehead atoms. The Kier molecular flexibility index (Phi) is 5.51. The number of nitrogens with zero attached hydrogens (tertiary/aromatic N) is 2. The molecule has 3 rings (SSSR count). The summed E-state index contributed by atoms with van der Waals surface area (Å²) in [6, 6.07) is 14.6. The maximum Gasteiger partial charge on any atom is 0.275 e. The molecular formula is C20H20N4O3. The van der Waals surface area contributed by atoms with Crippen LogP contribution in [0.4, 0.5) is 11.4 Å². The van der Waals surface area contributed by atoms with Crippen molar-refractivity contribution in [1.29, 1.82) is 0 Å². The monoisotopic (exact) mass is 364 g/mol. The molecule has 0 fully saturated rings. The van der Waals surface area contributed by atoms with Crippen LogP contribution < -0.4 is 15.4 Å². The van der Waals surface area contributed by atoms with E-state index in [4.69, 9.17) is 4.74 Å². The molecular weight excluding hydrogens is 344 g/mol. The molecule has 1 aromatic heterocycles. The van der Waals surface area contributed by atoms with E-state index in [1.165, 1.54) is 6.92 Å². The summed E-state index contributed by atoms with van der Waals surface area (Å²) in [5.74, 6) is 0.339. The fourth-order valence-corrected chi connectivity index (χ4v) is 2.54. The molecule has 138 valence electrons. The summed E-state index contributed by atoms with van der Waals surface area (Å²) in [5.41, 5.74) is 2.78. The Labute approximate surface area is 157 Å². The molecule has 3 aromatic rings. The van der Waals surface area contributed by atoms with Gasteiger partial charge in [-0.05, 0) is 42.0 Å². The van der Waals surface area contributed by atoms with Gasteiger partial charge in [0.25, 0.3) is 5.91 Å². The van der Waals surface area contributed by atoms with Crippen LogP contribution in [-0.2, 0) is 11.3 Å². The highest BCUT2D eigenvalue weighted by molar-refractivity contribution is 6.02. The Morgan fingerprint density at radius 2 is 1.63 bits per heavy atom. The van der Waals surface area contributed by atoms with Crippen LogP contribution in [0.5, 0.6) is 5.75 Å². The Balaban J connectivity index is 1.61. The number of methoxy groups -OCH3 is 1. The van der Waals surface area contributed by atoms with Gasteiger partial charge in [-0.2, -0.15) is 0 Å². The first-order chi connectivity index (χ1) is 13.0. The number of carbonyl (C=O) groups is 2. The van der Waals surface area contributed by atoms with E-state index < -0.39 is 0 Å². The predicted molar refractivity (Wildman–Crippen MR) is 103 cm³/mol. The molecule has 7 nitrogen and oxygen atoms in total. The first-order valence-corrected chi connectivity index (χ1v) is 8.37. The normalized spacial score (nSPS) is 10.3. The van der Waals surface area contributed by atoms with Crippen LogP contribution >= 0.6 is 0 Å². The fourth-order valence-electron chi connectivity index (χ4n) is 2.54. The Morgan fingerprint density at radius 3 is 2.26 bits per heavy atom. The van der Waals surface area contributed by atoms with Crippen LogP contribution in [0.15, 0.2) is 61.1 Å². The van der Waals surface area contributed by atoms with E-state index in [0.717, 1.165) is 17.0 Å². The lowest BCUT2D eigenvalue weighted by atomic mass is 10.2. The minimum atomic E-state index is -0.278. The van der Waals surface area contributed by atoms with Crippen molar-refractivity contribution < 1.29 is 14.3 Å². The van der Waals surface area contributed by atoms with Gasteiger partial charge in [0.15, 0.2) is 0 Å². The van der Waals surface area contributed by atoms with Crippen molar-refractivity contribution in [2.45, 2.75) is 13.5 Å². The van der Waals surface area contributed by atoms with Crippen LogP contribution in [0.25, 0.3) is 0 Å². The van der Waals surface area contributed by atoms with Gasteiger partial charge in [0, 0.05) is 31.0 Å². The van der Waals surface area contributed by atoms with Crippen LogP contribution in [0, 0.1) is 0 Å². The second kappa shape index (κ2) is 8.18. The first-order valence-electron chi connectivity index (χ1n) is 8.37. The summed E-state index contributed by atoms with van der Waals surface area (Å²) < 4.78 is 6.93. The van der Waals surface area contributed by atoms with E-state index in [1.54, 1.807) is 43.9 Å². The zero-order valence-corrected chi connectivity index (χ0v) is 15.1. The largest absolute Gasteiger partial charge is 0.497 e. The van der Waals surface area contributed by atoms with Gasteiger partial charge in [0.2, 0.25) is 5.91 Å². The van der Waals surface area contributed by atoms with E-state index in [-0.39, 0.29) is 11.8 Å². The number of anilines is 2. The lowest BCUT2D eigenvalue weighted by Crippen LogP contribution is -2.12. The molecule has 27 heavy (non-hydrogen) atoms. The van der Waals surface area contributed by atoms with E-state index in [1.807, 2.05) is 28.8 Å². The van der Waals surface area contributed by atoms with Crippen molar-refractivity contribution in [2.24, 2.45) is 0 Å². The highest BCUT2D eigenvalue weighted by Crippen LogP contribution is 2.16. The molecule has 0 spiro atoms. The summed E-state index contributed by atoms with van der Waals surface area (Å²) in [5, 5.41) is 5.53. The standard InChI is InChI=1S/C20H20N4O3/c1-14(25)22-16-5-3-15(4-6-16)11-24-12-19(21-13-24)20(26)23-17-7-9-18(27-2)10-8-17/h3-10,12-13H,11H2,1-2H3,(H,22,25)(H,23,26). The number of imidazole rings is 1. The number of aromatic nitrogens is 2. The number of amides is 2. The van der Waals surface area contributed by atoms with Crippen molar-refractivity contribution in [3.63, 3.8) is 0 Å². The number of benzene rings is 2. The van der Waals surface area contributed by atoms with E-state index in [2.05, 4.69) is 15.6 Å². The fraction of sp³-hybridized carbons (Fsp3) is 0.150. The SMILES string of the molecule is COc1ccc(NC(=O)c2cn(Cc3ccc(NC(C)=O)cc3)cn2)cc1. The van der Waals surface area contributed by atoms with Crippen LogP contribution in [0.1, 0.15) is 23.0 Å². The second-order valence-electron chi connectivity index (χ2n) is 5.99. The van der Waals surface area contributed by atoms with Crippen molar-refractivity contribution in [1.82, 2.24) is 9.55 Å². The van der Waals surface area contributed by atoms with Crippen molar-refractivity contribution in [3.05, 3.63) is 72.3 Å². The summed E-state index contributed by atoms with van der Waals surface area (Å²) >= 11 is 0. The summed E-state index contributed by atoms with van der Waals surface area (Å²) in [4.78, 5) is 27.5. The van der Waals surface area contributed by atoms with Gasteiger partial charge in [-0.3, -0.25) is 9.59 Å². The lowest BCUT2D eigenvalue weighted by Gasteiger charge is -2.06. The lowest BCUT2D eigenvalue weighted by molar-refractivity contribution is -0.114. The Bertz CT molecular complexity index is 931. The predicted octanol–water partition coefficient (Wildman–Crippen LogP) is 3.15. The van der Waals surface area contributed by atoms with Gasteiger partial charge < -0.3 is 19.9 Å².